The predicted octanol–water partition coefficient (Wildman–Crippen LogP) is 1.89. The summed E-state index contributed by atoms with van der Waals surface area (Å²) in [6, 6.07) is 2.93. The fourth-order valence-corrected chi connectivity index (χ4v) is 2.14. The van der Waals surface area contributed by atoms with Crippen LogP contribution in [0.15, 0.2) is 29.2 Å². The second kappa shape index (κ2) is 5.31. The summed E-state index contributed by atoms with van der Waals surface area (Å²) in [7, 11) is -3.95. The molecule has 1 unspecified atom stereocenters. The Morgan fingerprint density at radius 3 is 2.05 bits per heavy atom. The molecule has 0 radical (unpaired) electrons. The summed E-state index contributed by atoms with van der Waals surface area (Å²) in [4.78, 5) is 11.2. The molecule has 0 fully saturated rings. The third-order valence-electron chi connectivity index (χ3n) is 2.80. The van der Waals surface area contributed by atoms with E-state index < -0.39 is 32.3 Å². The van der Waals surface area contributed by atoms with Gasteiger partial charge in [-0.25, -0.2) is 13.2 Å². The summed E-state index contributed by atoms with van der Waals surface area (Å²) in [6.07, 6.45) is 0. The van der Waals surface area contributed by atoms with Crippen LogP contribution >= 0.6 is 0 Å². The van der Waals surface area contributed by atoms with E-state index >= 15 is 0 Å². The number of carboxylic acid groups (broad SMARTS) is 1. The number of sulfone groups is 1. The normalized spacial score (nSPS) is 13.8. The maximum absolute atomic E-state index is 12.3. The number of carboxylic acids is 1. The van der Waals surface area contributed by atoms with E-state index in [2.05, 4.69) is 0 Å². The number of aliphatic carboxylic acids is 1. The Morgan fingerprint density at radius 2 is 1.70 bits per heavy atom. The van der Waals surface area contributed by atoms with E-state index in [4.69, 9.17) is 5.11 Å². The number of carbonyl (C=O) groups is 1. The van der Waals surface area contributed by atoms with Crippen molar-refractivity contribution in [2.45, 2.75) is 23.4 Å². The van der Waals surface area contributed by atoms with Gasteiger partial charge in [0.25, 0.3) is 9.84 Å². The van der Waals surface area contributed by atoms with Crippen molar-refractivity contribution >= 4 is 21.5 Å². The zero-order chi connectivity index (χ0) is 15.7. The van der Waals surface area contributed by atoms with Crippen molar-refractivity contribution in [3.63, 3.8) is 0 Å². The summed E-state index contributed by atoms with van der Waals surface area (Å²) in [5.41, 5.74) is -5.07. The quantitative estimate of drug-likeness (QED) is 0.919. The number of anilines is 1. The van der Waals surface area contributed by atoms with Gasteiger partial charge in [-0.2, -0.15) is 13.2 Å². The van der Waals surface area contributed by atoms with Gasteiger partial charge in [0.15, 0.2) is 0 Å². The molecule has 20 heavy (non-hydrogen) atoms. The molecule has 112 valence electrons. The molecule has 1 N–H and O–H groups in total. The first-order chi connectivity index (χ1) is 8.98. The molecule has 0 spiro atoms. The molecule has 0 aliphatic rings. The van der Waals surface area contributed by atoms with Gasteiger partial charge in [0.05, 0.1) is 4.90 Å². The summed E-state index contributed by atoms with van der Waals surface area (Å²) in [6.45, 7) is 1.39. The number of likely N-dealkylation sites (N-methyl/N-ethyl adjacent to an activating group) is 1. The van der Waals surface area contributed by atoms with Crippen molar-refractivity contribution in [2.75, 3.05) is 11.9 Å². The third-order valence-corrected chi connectivity index (χ3v) is 4.30. The lowest BCUT2D eigenvalue weighted by Crippen LogP contribution is -2.35. The lowest BCUT2D eigenvalue weighted by atomic mass is 10.2. The number of alkyl halides is 3. The largest absolute Gasteiger partial charge is 0.501 e. The molecule has 1 aromatic rings. The van der Waals surface area contributed by atoms with E-state index in [-0.39, 0.29) is 0 Å². The summed E-state index contributed by atoms with van der Waals surface area (Å²) >= 11 is 0. The Labute approximate surface area is 113 Å². The van der Waals surface area contributed by atoms with E-state index in [1.807, 2.05) is 0 Å². The Balaban J connectivity index is 3.10. The van der Waals surface area contributed by atoms with Crippen LogP contribution in [-0.2, 0) is 14.6 Å². The van der Waals surface area contributed by atoms with E-state index in [0.29, 0.717) is 5.69 Å². The van der Waals surface area contributed by atoms with Crippen LogP contribution in [0.1, 0.15) is 6.92 Å². The SMILES string of the molecule is CC(C(=O)O)N(C)c1ccc(S(=O)(=O)C(F)(F)F)cc1. The lowest BCUT2D eigenvalue weighted by Gasteiger charge is -2.23. The molecule has 0 saturated heterocycles. The van der Waals surface area contributed by atoms with Crippen LogP contribution in [-0.4, -0.2) is 38.1 Å². The molecule has 0 heterocycles. The summed E-state index contributed by atoms with van der Waals surface area (Å²) in [5.74, 6) is -1.11. The van der Waals surface area contributed by atoms with Crippen LogP contribution in [0.5, 0.6) is 0 Å². The molecule has 1 aromatic carbocycles. The zero-order valence-electron chi connectivity index (χ0n) is 10.5. The fraction of sp³-hybridized carbons (Fsp3) is 0.364. The monoisotopic (exact) mass is 311 g/mol. The maximum atomic E-state index is 12.3. The molecule has 0 aromatic heterocycles. The van der Waals surface area contributed by atoms with Gasteiger partial charge in [0, 0.05) is 12.7 Å². The summed E-state index contributed by atoms with van der Waals surface area (Å²) in [5, 5.41) is 8.82. The van der Waals surface area contributed by atoms with Crippen LogP contribution in [0.3, 0.4) is 0 Å². The van der Waals surface area contributed by atoms with Gasteiger partial charge in [-0.05, 0) is 31.2 Å². The number of nitrogens with zero attached hydrogens (tertiary/aromatic N) is 1. The molecule has 0 amide bonds. The second-order valence-corrected chi connectivity index (χ2v) is 6.01. The summed E-state index contributed by atoms with van der Waals surface area (Å²) < 4.78 is 59.3. The smallest absolute Gasteiger partial charge is 0.480 e. The fourth-order valence-electron chi connectivity index (χ4n) is 1.38. The number of rotatable bonds is 4. The Hall–Kier alpha value is -1.77. The molecule has 5 nitrogen and oxygen atoms in total. The minimum Gasteiger partial charge on any atom is -0.480 e. The van der Waals surface area contributed by atoms with Crippen molar-refractivity contribution in [1.82, 2.24) is 0 Å². The van der Waals surface area contributed by atoms with Gasteiger partial charge < -0.3 is 10.0 Å². The average Bonchev–Trinajstić information content (AvgIpc) is 2.35. The Morgan fingerprint density at radius 1 is 1.25 bits per heavy atom. The van der Waals surface area contributed by atoms with E-state index in [1.54, 1.807) is 0 Å². The van der Waals surface area contributed by atoms with Crippen LogP contribution in [0.2, 0.25) is 0 Å². The topological polar surface area (TPSA) is 74.7 Å². The molecule has 1 rings (SSSR count). The zero-order valence-corrected chi connectivity index (χ0v) is 11.4. The second-order valence-electron chi connectivity index (χ2n) is 4.07. The van der Waals surface area contributed by atoms with E-state index in [0.717, 1.165) is 24.3 Å². The molecular formula is C11H12F3NO4S. The average molecular weight is 311 g/mol. The van der Waals surface area contributed by atoms with Crippen molar-refractivity contribution in [3.05, 3.63) is 24.3 Å². The maximum Gasteiger partial charge on any atom is 0.501 e. The lowest BCUT2D eigenvalue weighted by molar-refractivity contribution is -0.138. The molecule has 0 aliphatic carbocycles. The van der Waals surface area contributed by atoms with Gasteiger partial charge in [-0.3, -0.25) is 0 Å². The van der Waals surface area contributed by atoms with Crippen LogP contribution in [0, 0.1) is 0 Å². The van der Waals surface area contributed by atoms with Crippen molar-refractivity contribution in [2.24, 2.45) is 0 Å². The highest BCUT2D eigenvalue weighted by Crippen LogP contribution is 2.31. The molecule has 0 aliphatic heterocycles. The van der Waals surface area contributed by atoms with Crippen molar-refractivity contribution < 1.29 is 31.5 Å². The van der Waals surface area contributed by atoms with Crippen molar-refractivity contribution in [3.8, 4) is 0 Å². The number of benzene rings is 1. The minimum absolute atomic E-state index is 0.293. The predicted molar refractivity (Wildman–Crippen MR) is 65.2 cm³/mol. The first-order valence-corrected chi connectivity index (χ1v) is 6.84. The van der Waals surface area contributed by atoms with Gasteiger partial charge in [-0.15, -0.1) is 0 Å². The van der Waals surface area contributed by atoms with Gasteiger partial charge >= 0.3 is 11.5 Å². The highest BCUT2D eigenvalue weighted by atomic mass is 32.2. The molecule has 0 saturated carbocycles. The first kappa shape index (κ1) is 16.3. The molecule has 9 heteroatoms. The first-order valence-electron chi connectivity index (χ1n) is 5.35. The molecule has 0 bridgehead atoms. The van der Waals surface area contributed by atoms with Gasteiger partial charge in [-0.1, -0.05) is 0 Å². The number of hydrogen-bond acceptors (Lipinski definition) is 4. The van der Waals surface area contributed by atoms with Crippen molar-refractivity contribution in [1.29, 1.82) is 0 Å². The Bertz CT molecular complexity index is 595. The molecular weight excluding hydrogens is 299 g/mol. The van der Waals surface area contributed by atoms with Crippen LogP contribution in [0.4, 0.5) is 18.9 Å². The third kappa shape index (κ3) is 3.03. The standard InChI is InChI=1S/C11H12F3NO4S/c1-7(10(16)17)15(2)8-3-5-9(6-4-8)20(18,19)11(12,13)14/h3-7H,1-2H3,(H,16,17). The van der Waals surface area contributed by atoms with E-state index in [9.17, 15) is 26.4 Å². The van der Waals surface area contributed by atoms with E-state index in [1.165, 1.54) is 18.9 Å². The number of halogens is 3. The molecule has 1 atom stereocenters. The highest BCUT2D eigenvalue weighted by Gasteiger charge is 2.46. The minimum atomic E-state index is -5.39. The van der Waals surface area contributed by atoms with Gasteiger partial charge in [0.2, 0.25) is 0 Å². The Kier molecular flexibility index (Phi) is 4.33. The van der Waals surface area contributed by atoms with Crippen LogP contribution < -0.4 is 4.90 Å². The van der Waals surface area contributed by atoms with Gasteiger partial charge in [0.1, 0.15) is 6.04 Å². The highest BCUT2D eigenvalue weighted by molar-refractivity contribution is 7.92. The van der Waals surface area contributed by atoms with Crippen LogP contribution in [0.25, 0.3) is 0 Å². The number of hydrogen-bond donors (Lipinski definition) is 1.